The number of aromatic nitrogens is 2. The van der Waals surface area contributed by atoms with Gasteiger partial charge in [0.25, 0.3) is 0 Å². The number of hydrogen-bond donors (Lipinski definition) is 0. The number of aryl methyl sites for hydroxylation is 1. The molecule has 0 bridgehead atoms. The van der Waals surface area contributed by atoms with E-state index in [2.05, 4.69) is 36.2 Å². The average Bonchev–Trinajstić information content (AvgIpc) is 2.93. The number of rotatable bonds is 4. The van der Waals surface area contributed by atoms with E-state index in [4.69, 9.17) is 4.98 Å². The first kappa shape index (κ1) is 13.0. The van der Waals surface area contributed by atoms with Crippen LogP contribution in [-0.4, -0.2) is 9.97 Å². The van der Waals surface area contributed by atoms with Crippen molar-refractivity contribution in [3.63, 3.8) is 0 Å². The molecule has 0 fully saturated rings. The van der Waals surface area contributed by atoms with Crippen molar-refractivity contribution in [1.82, 2.24) is 9.97 Å². The van der Waals surface area contributed by atoms with E-state index in [0.717, 1.165) is 24.2 Å². The van der Waals surface area contributed by atoms with E-state index < -0.39 is 0 Å². The van der Waals surface area contributed by atoms with Crippen molar-refractivity contribution in [3.05, 3.63) is 59.7 Å². The molecular formula is C17H16N2S. The topological polar surface area (TPSA) is 25.8 Å². The lowest BCUT2D eigenvalue weighted by Crippen LogP contribution is -1.86. The Morgan fingerprint density at radius 3 is 2.50 bits per heavy atom. The van der Waals surface area contributed by atoms with Crippen LogP contribution in [0.1, 0.15) is 18.4 Å². The standard InChI is InChI=1S/C17H16N2S/c1-2-8-15-19-16(14-11-6-7-12-18-14)17(20-15)13-9-4-3-5-10-13/h3-7,9-12H,2,8H2,1H3. The summed E-state index contributed by atoms with van der Waals surface area (Å²) in [5.74, 6) is 0. The molecule has 0 amide bonds. The van der Waals surface area contributed by atoms with Crippen LogP contribution < -0.4 is 0 Å². The third-order valence-electron chi connectivity index (χ3n) is 3.08. The van der Waals surface area contributed by atoms with Gasteiger partial charge in [0, 0.05) is 6.20 Å². The van der Waals surface area contributed by atoms with E-state index in [1.165, 1.54) is 15.4 Å². The van der Waals surface area contributed by atoms with Crippen LogP contribution in [0, 0.1) is 0 Å². The van der Waals surface area contributed by atoms with Gasteiger partial charge in [-0.15, -0.1) is 11.3 Å². The molecule has 0 atom stereocenters. The Balaban J connectivity index is 2.13. The molecule has 0 aliphatic heterocycles. The predicted molar refractivity (Wildman–Crippen MR) is 84.8 cm³/mol. The zero-order chi connectivity index (χ0) is 13.8. The molecule has 0 radical (unpaired) electrons. The molecule has 0 saturated heterocycles. The SMILES string of the molecule is CCCc1nc(-c2ccccn2)c(-c2ccccc2)s1. The van der Waals surface area contributed by atoms with Gasteiger partial charge in [-0.25, -0.2) is 4.98 Å². The Bertz CT molecular complexity index is 618. The largest absolute Gasteiger partial charge is 0.255 e. The molecular weight excluding hydrogens is 264 g/mol. The lowest BCUT2D eigenvalue weighted by Gasteiger charge is -2.01. The summed E-state index contributed by atoms with van der Waals surface area (Å²) in [5.41, 5.74) is 3.17. The maximum absolute atomic E-state index is 4.80. The highest BCUT2D eigenvalue weighted by Crippen LogP contribution is 2.36. The molecule has 3 rings (SSSR count). The first-order chi connectivity index (χ1) is 9.88. The van der Waals surface area contributed by atoms with Gasteiger partial charge in [0.2, 0.25) is 0 Å². The molecule has 0 unspecified atom stereocenters. The summed E-state index contributed by atoms with van der Waals surface area (Å²) in [7, 11) is 0. The predicted octanol–water partition coefficient (Wildman–Crippen LogP) is 4.82. The summed E-state index contributed by atoms with van der Waals surface area (Å²) in [6.45, 7) is 2.18. The van der Waals surface area contributed by atoms with Crippen LogP contribution in [0.25, 0.3) is 21.8 Å². The molecule has 0 spiro atoms. The third-order valence-corrected chi connectivity index (χ3v) is 4.24. The van der Waals surface area contributed by atoms with Gasteiger partial charge in [-0.3, -0.25) is 4.98 Å². The zero-order valence-corrected chi connectivity index (χ0v) is 12.2. The van der Waals surface area contributed by atoms with Crippen molar-refractivity contribution in [1.29, 1.82) is 0 Å². The number of benzene rings is 1. The van der Waals surface area contributed by atoms with Crippen molar-refractivity contribution < 1.29 is 0 Å². The highest BCUT2D eigenvalue weighted by Gasteiger charge is 2.14. The Morgan fingerprint density at radius 1 is 1.00 bits per heavy atom. The monoisotopic (exact) mass is 280 g/mol. The fourth-order valence-electron chi connectivity index (χ4n) is 2.15. The molecule has 2 aromatic heterocycles. The molecule has 0 N–H and O–H groups in total. The molecule has 0 aliphatic carbocycles. The van der Waals surface area contributed by atoms with E-state index in [9.17, 15) is 0 Å². The molecule has 20 heavy (non-hydrogen) atoms. The fourth-order valence-corrected chi connectivity index (χ4v) is 3.33. The quantitative estimate of drug-likeness (QED) is 0.684. The van der Waals surface area contributed by atoms with Gasteiger partial charge in [0.1, 0.15) is 5.69 Å². The van der Waals surface area contributed by atoms with Crippen LogP contribution in [-0.2, 0) is 6.42 Å². The summed E-state index contributed by atoms with van der Waals surface area (Å²) in [4.78, 5) is 10.5. The molecule has 3 aromatic rings. The van der Waals surface area contributed by atoms with E-state index in [0.29, 0.717) is 0 Å². The Morgan fingerprint density at radius 2 is 1.80 bits per heavy atom. The van der Waals surface area contributed by atoms with Gasteiger partial charge in [0.05, 0.1) is 15.6 Å². The normalized spacial score (nSPS) is 10.7. The minimum absolute atomic E-state index is 0.949. The minimum atomic E-state index is 0.949. The smallest absolute Gasteiger partial charge is 0.108 e. The van der Waals surface area contributed by atoms with Gasteiger partial charge < -0.3 is 0 Å². The highest BCUT2D eigenvalue weighted by molar-refractivity contribution is 7.15. The minimum Gasteiger partial charge on any atom is -0.255 e. The van der Waals surface area contributed by atoms with E-state index in [-0.39, 0.29) is 0 Å². The second-order valence-electron chi connectivity index (χ2n) is 4.62. The van der Waals surface area contributed by atoms with Crippen molar-refractivity contribution in [2.75, 3.05) is 0 Å². The first-order valence-electron chi connectivity index (χ1n) is 6.85. The maximum atomic E-state index is 4.80. The van der Waals surface area contributed by atoms with Crippen molar-refractivity contribution in [3.8, 4) is 21.8 Å². The number of hydrogen-bond acceptors (Lipinski definition) is 3. The van der Waals surface area contributed by atoms with Crippen molar-refractivity contribution in [2.45, 2.75) is 19.8 Å². The summed E-state index contributed by atoms with van der Waals surface area (Å²) >= 11 is 1.78. The van der Waals surface area contributed by atoms with E-state index in [1.807, 2.05) is 30.5 Å². The van der Waals surface area contributed by atoms with Crippen molar-refractivity contribution in [2.24, 2.45) is 0 Å². The van der Waals surface area contributed by atoms with Crippen LogP contribution in [0.3, 0.4) is 0 Å². The van der Waals surface area contributed by atoms with Gasteiger partial charge in [0.15, 0.2) is 0 Å². The second-order valence-corrected chi connectivity index (χ2v) is 5.70. The maximum Gasteiger partial charge on any atom is 0.108 e. The number of pyridine rings is 1. The van der Waals surface area contributed by atoms with Crippen LogP contribution in [0.4, 0.5) is 0 Å². The fraction of sp³-hybridized carbons (Fsp3) is 0.176. The zero-order valence-electron chi connectivity index (χ0n) is 11.4. The number of thiazole rings is 1. The molecule has 2 nitrogen and oxygen atoms in total. The van der Waals surface area contributed by atoms with Crippen LogP contribution in [0.15, 0.2) is 54.7 Å². The van der Waals surface area contributed by atoms with E-state index >= 15 is 0 Å². The van der Waals surface area contributed by atoms with Crippen molar-refractivity contribution >= 4 is 11.3 Å². The van der Waals surface area contributed by atoms with Gasteiger partial charge in [-0.2, -0.15) is 0 Å². The highest BCUT2D eigenvalue weighted by atomic mass is 32.1. The molecule has 100 valence electrons. The molecule has 2 heterocycles. The molecule has 1 aromatic carbocycles. The van der Waals surface area contributed by atoms with Gasteiger partial charge >= 0.3 is 0 Å². The molecule has 0 saturated carbocycles. The first-order valence-corrected chi connectivity index (χ1v) is 7.66. The second kappa shape index (κ2) is 5.97. The lowest BCUT2D eigenvalue weighted by molar-refractivity contribution is 0.909. The molecule has 0 aliphatic rings. The summed E-state index contributed by atoms with van der Waals surface area (Å²) in [6.07, 6.45) is 3.96. The Kier molecular flexibility index (Phi) is 3.88. The van der Waals surface area contributed by atoms with Crippen LogP contribution in [0.5, 0.6) is 0 Å². The van der Waals surface area contributed by atoms with Crippen LogP contribution in [0.2, 0.25) is 0 Å². The number of nitrogens with zero attached hydrogens (tertiary/aromatic N) is 2. The Hall–Kier alpha value is -2.00. The Labute approximate surface area is 123 Å². The summed E-state index contributed by atoms with van der Waals surface area (Å²) in [5, 5.41) is 1.19. The molecule has 3 heteroatoms. The summed E-state index contributed by atoms with van der Waals surface area (Å²) in [6, 6.07) is 16.4. The lowest BCUT2D eigenvalue weighted by atomic mass is 10.1. The van der Waals surface area contributed by atoms with Gasteiger partial charge in [-0.05, 0) is 30.5 Å². The summed E-state index contributed by atoms with van der Waals surface area (Å²) < 4.78 is 0. The van der Waals surface area contributed by atoms with Gasteiger partial charge in [-0.1, -0.05) is 43.3 Å². The van der Waals surface area contributed by atoms with E-state index in [1.54, 1.807) is 11.3 Å². The van der Waals surface area contributed by atoms with Crippen LogP contribution >= 0.6 is 11.3 Å². The average molecular weight is 280 g/mol. The third kappa shape index (κ3) is 2.63.